The zero-order valence-corrected chi connectivity index (χ0v) is 12.0. The summed E-state index contributed by atoms with van der Waals surface area (Å²) in [5.74, 6) is 0. The summed E-state index contributed by atoms with van der Waals surface area (Å²) in [6, 6.07) is 6.10. The fourth-order valence-electron chi connectivity index (χ4n) is 3.52. The van der Waals surface area contributed by atoms with Crippen LogP contribution in [0.1, 0.15) is 22.6 Å². The van der Waals surface area contributed by atoms with Crippen molar-refractivity contribution in [3.63, 3.8) is 0 Å². The molecule has 1 aromatic rings. The molecule has 0 spiro atoms. The number of nitrogens with zero attached hydrogens (tertiary/aromatic N) is 2. The minimum absolute atomic E-state index is 0.782. The predicted octanol–water partition coefficient (Wildman–Crippen LogP) is 2.89. The van der Waals surface area contributed by atoms with Gasteiger partial charge in [0.2, 0.25) is 0 Å². The van der Waals surface area contributed by atoms with Crippen LogP contribution in [0.3, 0.4) is 0 Å². The highest BCUT2D eigenvalue weighted by Crippen LogP contribution is 2.33. The lowest BCUT2D eigenvalue weighted by Crippen LogP contribution is -2.36. The maximum Gasteiger partial charge on any atom is 0.0331 e. The minimum atomic E-state index is 0.782. The molecule has 0 bridgehead atoms. The SMILES string of the molecule is C=CCN1CC[C@H]2[C@H]1CCN2Cc1ccc(C)s1. The second kappa shape index (κ2) is 5.16. The molecule has 0 saturated carbocycles. The van der Waals surface area contributed by atoms with Gasteiger partial charge in [-0.2, -0.15) is 0 Å². The van der Waals surface area contributed by atoms with Crippen molar-refractivity contribution in [3.05, 3.63) is 34.5 Å². The Labute approximate surface area is 114 Å². The van der Waals surface area contributed by atoms with Crippen LogP contribution in [0.25, 0.3) is 0 Å². The van der Waals surface area contributed by atoms with Crippen molar-refractivity contribution in [3.8, 4) is 0 Å². The first kappa shape index (κ1) is 12.4. The summed E-state index contributed by atoms with van der Waals surface area (Å²) in [7, 11) is 0. The molecule has 0 aliphatic carbocycles. The van der Waals surface area contributed by atoms with E-state index in [0.29, 0.717) is 0 Å². The number of likely N-dealkylation sites (tertiary alicyclic amines) is 2. The fraction of sp³-hybridized carbons (Fsp3) is 0.600. The first-order chi connectivity index (χ1) is 8.78. The van der Waals surface area contributed by atoms with Crippen LogP contribution in [-0.4, -0.2) is 41.5 Å². The summed E-state index contributed by atoms with van der Waals surface area (Å²) in [6.07, 6.45) is 4.72. The van der Waals surface area contributed by atoms with Gasteiger partial charge in [-0.05, 0) is 31.9 Å². The first-order valence-corrected chi connectivity index (χ1v) is 7.74. The third-order valence-corrected chi connectivity index (χ3v) is 5.31. The second-order valence-corrected chi connectivity index (χ2v) is 6.85. The Morgan fingerprint density at radius 2 is 2.00 bits per heavy atom. The van der Waals surface area contributed by atoms with Crippen molar-refractivity contribution in [2.75, 3.05) is 19.6 Å². The quantitative estimate of drug-likeness (QED) is 0.770. The average Bonchev–Trinajstić information content (AvgIpc) is 3.01. The number of hydrogen-bond donors (Lipinski definition) is 0. The molecule has 2 fully saturated rings. The molecule has 2 atom stereocenters. The van der Waals surface area contributed by atoms with Crippen LogP contribution in [-0.2, 0) is 6.54 Å². The molecule has 98 valence electrons. The Balaban J connectivity index is 1.64. The van der Waals surface area contributed by atoms with Crippen LogP contribution in [0.5, 0.6) is 0 Å². The number of fused-ring (bicyclic) bond motifs is 1. The van der Waals surface area contributed by atoms with Gasteiger partial charge in [0.25, 0.3) is 0 Å². The van der Waals surface area contributed by atoms with Crippen LogP contribution >= 0.6 is 11.3 Å². The summed E-state index contributed by atoms with van der Waals surface area (Å²) in [4.78, 5) is 8.26. The van der Waals surface area contributed by atoms with E-state index in [-0.39, 0.29) is 0 Å². The molecule has 3 heteroatoms. The average molecular weight is 262 g/mol. The highest BCUT2D eigenvalue weighted by Gasteiger charge is 2.41. The van der Waals surface area contributed by atoms with Gasteiger partial charge < -0.3 is 0 Å². The molecule has 0 N–H and O–H groups in total. The molecule has 2 saturated heterocycles. The molecule has 2 aliphatic rings. The van der Waals surface area contributed by atoms with Crippen molar-refractivity contribution in [1.29, 1.82) is 0 Å². The van der Waals surface area contributed by atoms with E-state index in [4.69, 9.17) is 0 Å². The molecule has 0 unspecified atom stereocenters. The highest BCUT2D eigenvalue weighted by atomic mass is 32.1. The fourth-order valence-corrected chi connectivity index (χ4v) is 4.44. The molecule has 0 aromatic carbocycles. The van der Waals surface area contributed by atoms with Crippen molar-refractivity contribution in [1.82, 2.24) is 9.80 Å². The minimum Gasteiger partial charge on any atom is -0.295 e. The molecule has 3 heterocycles. The summed E-state index contributed by atoms with van der Waals surface area (Å²) < 4.78 is 0. The van der Waals surface area contributed by atoms with Gasteiger partial charge >= 0.3 is 0 Å². The lowest BCUT2D eigenvalue weighted by atomic mass is 10.1. The van der Waals surface area contributed by atoms with Gasteiger partial charge in [0.1, 0.15) is 0 Å². The third-order valence-electron chi connectivity index (χ3n) is 4.32. The Kier molecular flexibility index (Phi) is 3.55. The van der Waals surface area contributed by atoms with Gasteiger partial charge in [0, 0.05) is 48.0 Å². The lowest BCUT2D eigenvalue weighted by Gasteiger charge is -2.24. The van der Waals surface area contributed by atoms with Crippen LogP contribution in [0, 0.1) is 6.92 Å². The lowest BCUT2D eigenvalue weighted by molar-refractivity contribution is 0.227. The zero-order valence-electron chi connectivity index (χ0n) is 11.1. The summed E-state index contributed by atoms with van der Waals surface area (Å²) in [5.41, 5.74) is 0. The van der Waals surface area contributed by atoms with E-state index in [0.717, 1.165) is 25.2 Å². The summed E-state index contributed by atoms with van der Waals surface area (Å²) >= 11 is 1.95. The number of aryl methyl sites for hydroxylation is 1. The maximum atomic E-state index is 3.87. The third kappa shape index (κ3) is 2.27. The number of thiophene rings is 1. The van der Waals surface area contributed by atoms with Gasteiger partial charge in [-0.1, -0.05) is 6.08 Å². The van der Waals surface area contributed by atoms with Crippen molar-refractivity contribution < 1.29 is 0 Å². The van der Waals surface area contributed by atoms with E-state index < -0.39 is 0 Å². The van der Waals surface area contributed by atoms with E-state index >= 15 is 0 Å². The molecule has 0 radical (unpaired) electrons. The monoisotopic (exact) mass is 262 g/mol. The van der Waals surface area contributed by atoms with E-state index in [1.165, 1.54) is 35.7 Å². The Bertz CT molecular complexity index is 426. The van der Waals surface area contributed by atoms with Crippen LogP contribution in [0.2, 0.25) is 0 Å². The molecular formula is C15H22N2S. The van der Waals surface area contributed by atoms with Crippen LogP contribution in [0.15, 0.2) is 24.8 Å². The van der Waals surface area contributed by atoms with Gasteiger partial charge in [-0.15, -0.1) is 17.9 Å². The zero-order chi connectivity index (χ0) is 12.5. The smallest absolute Gasteiger partial charge is 0.0331 e. The number of rotatable bonds is 4. The van der Waals surface area contributed by atoms with Gasteiger partial charge in [-0.3, -0.25) is 9.80 Å². The maximum absolute atomic E-state index is 3.87. The molecule has 3 rings (SSSR count). The van der Waals surface area contributed by atoms with Crippen LogP contribution in [0.4, 0.5) is 0 Å². The first-order valence-electron chi connectivity index (χ1n) is 6.92. The second-order valence-electron chi connectivity index (χ2n) is 5.48. The van der Waals surface area contributed by atoms with Gasteiger partial charge in [-0.25, -0.2) is 0 Å². The molecule has 18 heavy (non-hydrogen) atoms. The van der Waals surface area contributed by atoms with E-state index in [2.05, 4.69) is 35.4 Å². The molecule has 2 nitrogen and oxygen atoms in total. The topological polar surface area (TPSA) is 6.48 Å². The Morgan fingerprint density at radius 1 is 1.28 bits per heavy atom. The van der Waals surface area contributed by atoms with Gasteiger partial charge in [0.15, 0.2) is 0 Å². The van der Waals surface area contributed by atoms with E-state index in [9.17, 15) is 0 Å². The normalized spacial score (nSPS) is 28.7. The summed E-state index contributed by atoms with van der Waals surface area (Å²) in [5, 5.41) is 0. The molecule has 2 aliphatic heterocycles. The van der Waals surface area contributed by atoms with Gasteiger partial charge in [0.05, 0.1) is 0 Å². The number of hydrogen-bond acceptors (Lipinski definition) is 3. The standard InChI is InChI=1S/C15H22N2S/c1-3-8-16-9-6-15-14(16)7-10-17(15)11-13-5-4-12(2)18-13/h3-5,14-15H,1,6-11H2,2H3/t14-,15+/m1/s1. The van der Waals surface area contributed by atoms with Crippen molar-refractivity contribution >= 4 is 11.3 Å². The van der Waals surface area contributed by atoms with Crippen molar-refractivity contribution in [2.24, 2.45) is 0 Å². The van der Waals surface area contributed by atoms with Crippen LogP contribution < -0.4 is 0 Å². The molecule has 1 aromatic heterocycles. The van der Waals surface area contributed by atoms with E-state index in [1.54, 1.807) is 0 Å². The van der Waals surface area contributed by atoms with Crippen molar-refractivity contribution in [2.45, 2.75) is 38.4 Å². The molecule has 0 amide bonds. The molecular weight excluding hydrogens is 240 g/mol. The Hall–Kier alpha value is -0.640. The summed E-state index contributed by atoms with van der Waals surface area (Å²) in [6.45, 7) is 10.8. The van der Waals surface area contributed by atoms with E-state index in [1.807, 2.05) is 17.4 Å². The highest BCUT2D eigenvalue weighted by molar-refractivity contribution is 7.11. The predicted molar refractivity (Wildman–Crippen MR) is 78.0 cm³/mol. The Morgan fingerprint density at radius 3 is 2.67 bits per heavy atom. The largest absolute Gasteiger partial charge is 0.295 e.